The number of benzene rings is 2. The van der Waals surface area contributed by atoms with Crippen molar-refractivity contribution in [2.24, 2.45) is 5.92 Å². The maximum Gasteiger partial charge on any atom is 0.407 e. The van der Waals surface area contributed by atoms with Gasteiger partial charge in [-0.25, -0.2) is 9.59 Å². The van der Waals surface area contributed by atoms with Crippen molar-refractivity contribution < 1.29 is 24.2 Å². The average molecular weight is 483 g/mol. The molecule has 2 aliphatic carbocycles. The van der Waals surface area contributed by atoms with E-state index in [0.29, 0.717) is 31.4 Å². The number of thioether (sulfide) groups is 1. The van der Waals surface area contributed by atoms with Gasteiger partial charge in [0.15, 0.2) is 0 Å². The number of amides is 2. The van der Waals surface area contributed by atoms with Crippen LogP contribution in [0.15, 0.2) is 48.5 Å². The predicted molar refractivity (Wildman–Crippen MR) is 132 cm³/mol. The highest BCUT2D eigenvalue weighted by molar-refractivity contribution is 7.98. The molecule has 34 heavy (non-hydrogen) atoms. The Morgan fingerprint density at radius 2 is 1.71 bits per heavy atom. The Kier molecular flexibility index (Phi) is 7.77. The van der Waals surface area contributed by atoms with Gasteiger partial charge in [-0.1, -0.05) is 48.5 Å². The Morgan fingerprint density at radius 1 is 1.06 bits per heavy atom. The molecule has 180 valence electrons. The van der Waals surface area contributed by atoms with Gasteiger partial charge < -0.3 is 20.5 Å². The molecule has 3 atom stereocenters. The van der Waals surface area contributed by atoms with Crippen LogP contribution in [-0.2, 0) is 14.3 Å². The van der Waals surface area contributed by atoms with Crippen LogP contribution in [-0.4, -0.2) is 53.8 Å². The van der Waals surface area contributed by atoms with Crippen molar-refractivity contribution in [1.29, 1.82) is 0 Å². The quantitative estimate of drug-likeness (QED) is 0.499. The van der Waals surface area contributed by atoms with Gasteiger partial charge in [-0.3, -0.25) is 4.79 Å². The highest BCUT2D eigenvalue weighted by atomic mass is 32.2. The zero-order valence-corrected chi connectivity index (χ0v) is 20.0. The molecule has 0 bridgehead atoms. The largest absolute Gasteiger partial charge is 0.480 e. The standard InChI is InChI=1S/C26H30N2O5S/c1-34-13-12-23(25(30)31)28-24(29)16-10-11-17(14-16)27-26(32)33-15-22-20-8-4-2-6-18(20)19-7-3-5-9-21(19)22/h2-9,16-17,22-23H,10-15H2,1H3,(H,27,32)(H,28,29)(H,30,31)/t16-,17+,23-/m1/s1. The van der Waals surface area contributed by atoms with Gasteiger partial charge in [0.05, 0.1) is 0 Å². The summed E-state index contributed by atoms with van der Waals surface area (Å²) in [6, 6.07) is 15.3. The summed E-state index contributed by atoms with van der Waals surface area (Å²) in [6.07, 6.45) is 3.54. The van der Waals surface area contributed by atoms with Crippen molar-refractivity contribution >= 4 is 29.7 Å². The molecule has 0 aromatic heterocycles. The first-order valence-electron chi connectivity index (χ1n) is 11.6. The van der Waals surface area contributed by atoms with E-state index in [0.717, 1.165) is 11.1 Å². The molecule has 1 fully saturated rings. The van der Waals surface area contributed by atoms with Gasteiger partial charge in [-0.2, -0.15) is 11.8 Å². The van der Waals surface area contributed by atoms with Crippen molar-refractivity contribution in [3.05, 3.63) is 59.7 Å². The lowest BCUT2D eigenvalue weighted by atomic mass is 9.98. The van der Waals surface area contributed by atoms with Crippen LogP contribution in [0.4, 0.5) is 4.79 Å². The number of rotatable bonds is 9. The highest BCUT2D eigenvalue weighted by Gasteiger charge is 2.34. The number of aliphatic carboxylic acids is 1. The van der Waals surface area contributed by atoms with E-state index >= 15 is 0 Å². The fourth-order valence-corrected chi connectivity index (χ4v) is 5.41. The molecule has 2 aromatic carbocycles. The molecule has 3 N–H and O–H groups in total. The van der Waals surface area contributed by atoms with Crippen LogP contribution in [0.5, 0.6) is 0 Å². The second-order valence-corrected chi connectivity index (χ2v) is 9.84. The van der Waals surface area contributed by atoms with Crippen molar-refractivity contribution in [3.63, 3.8) is 0 Å². The van der Waals surface area contributed by atoms with Gasteiger partial charge in [0, 0.05) is 17.9 Å². The summed E-state index contributed by atoms with van der Waals surface area (Å²) in [6.45, 7) is 0.242. The molecule has 0 spiro atoms. The predicted octanol–water partition coefficient (Wildman–Crippen LogP) is 4.02. The summed E-state index contributed by atoms with van der Waals surface area (Å²) in [5.41, 5.74) is 4.66. The third-order valence-corrected chi connectivity index (χ3v) is 7.34. The van der Waals surface area contributed by atoms with Gasteiger partial charge in [-0.05, 0) is 59.9 Å². The lowest BCUT2D eigenvalue weighted by Gasteiger charge is -2.18. The summed E-state index contributed by atoms with van der Waals surface area (Å²) in [5.74, 6) is -0.933. The van der Waals surface area contributed by atoms with Crippen LogP contribution in [0.1, 0.15) is 42.7 Å². The summed E-state index contributed by atoms with van der Waals surface area (Å²) in [5, 5.41) is 14.9. The minimum absolute atomic E-state index is 0.00510. The third-order valence-electron chi connectivity index (χ3n) is 6.69. The fourth-order valence-electron chi connectivity index (χ4n) is 4.94. The summed E-state index contributed by atoms with van der Waals surface area (Å²) in [4.78, 5) is 36.5. The Morgan fingerprint density at radius 3 is 2.32 bits per heavy atom. The number of hydrogen-bond acceptors (Lipinski definition) is 5. The van der Waals surface area contributed by atoms with Crippen LogP contribution in [0.25, 0.3) is 11.1 Å². The molecule has 0 saturated heterocycles. The number of nitrogens with one attached hydrogen (secondary N) is 2. The van der Waals surface area contributed by atoms with Gasteiger partial charge >= 0.3 is 12.1 Å². The molecule has 1 saturated carbocycles. The fraction of sp³-hybridized carbons (Fsp3) is 0.423. The minimum Gasteiger partial charge on any atom is -0.480 e. The molecule has 2 aliphatic rings. The second kappa shape index (κ2) is 11.0. The molecular formula is C26H30N2O5S. The Hall–Kier alpha value is -3.00. The first-order valence-corrected chi connectivity index (χ1v) is 13.0. The summed E-state index contributed by atoms with van der Waals surface area (Å²) >= 11 is 1.54. The van der Waals surface area contributed by atoms with Gasteiger partial charge in [0.25, 0.3) is 0 Å². The highest BCUT2D eigenvalue weighted by Crippen LogP contribution is 2.44. The van der Waals surface area contributed by atoms with Crippen LogP contribution in [0.2, 0.25) is 0 Å². The van der Waals surface area contributed by atoms with Crippen LogP contribution >= 0.6 is 11.8 Å². The zero-order valence-electron chi connectivity index (χ0n) is 19.2. The number of ether oxygens (including phenoxy) is 1. The molecule has 0 radical (unpaired) electrons. The van der Waals surface area contributed by atoms with E-state index < -0.39 is 18.1 Å². The van der Waals surface area contributed by atoms with E-state index in [1.54, 1.807) is 11.8 Å². The Balaban J connectivity index is 1.28. The van der Waals surface area contributed by atoms with Gasteiger partial charge in [0.1, 0.15) is 12.6 Å². The van der Waals surface area contributed by atoms with Crippen molar-refractivity contribution in [2.75, 3.05) is 18.6 Å². The van der Waals surface area contributed by atoms with Crippen LogP contribution in [0, 0.1) is 5.92 Å². The second-order valence-electron chi connectivity index (χ2n) is 8.86. The third kappa shape index (κ3) is 5.38. The van der Waals surface area contributed by atoms with Crippen LogP contribution < -0.4 is 10.6 Å². The monoisotopic (exact) mass is 482 g/mol. The minimum atomic E-state index is -1.02. The first-order chi connectivity index (χ1) is 16.5. The van der Waals surface area contributed by atoms with E-state index in [1.165, 1.54) is 11.1 Å². The average Bonchev–Trinajstić information content (AvgIpc) is 3.43. The molecule has 0 unspecified atom stereocenters. The van der Waals surface area contributed by atoms with Gasteiger partial charge in [-0.15, -0.1) is 0 Å². The molecule has 8 heteroatoms. The first kappa shape index (κ1) is 24.1. The number of carboxylic acid groups (broad SMARTS) is 1. The number of carbonyl (C=O) groups excluding carboxylic acids is 2. The molecule has 2 amide bonds. The molecule has 0 aliphatic heterocycles. The van der Waals surface area contributed by atoms with E-state index in [1.807, 2.05) is 30.5 Å². The number of carboxylic acids is 1. The number of alkyl carbamates (subject to hydrolysis) is 1. The topological polar surface area (TPSA) is 105 Å². The Labute approximate surface area is 203 Å². The molecule has 2 aromatic rings. The Bertz CT molecular complexity index is 1010. The lowest BCUT2D eigenvalue weighted by Crippen LogP contribution is -2.44. The molecule has 4 rings (SSSR count). The molecule has 7 nitrogen and oxygen atoms in total. The van der Waals surface area contributed by atoms with Crippen molar-refractivity contribution in [2.45, 2.75) is 43.7 Å². The van der Waals surface area contributed by atoms with Gasteiger partial charge in [0.2, 0.25) is 5.91 Å². The van der Waals surface area contributed by atoms with E-state index in [4.69, 9.17) is 4.74 Å². The maximum absolute atomic E-state index is 12.6. The van der Waals surface area contributed by atoms with E-state index in [-0.39, 0.29) is 30.4 Å². The summed E-state index contributed by atoms with van der Waals surface area (Å²) < 4.78 is 5.61. The van der Waals surface area contributed by atoms with Crippen molar-refractivity contribution in [3.8, 4) is 11.1 Å². The van der Waals surface area contributed by atoms with E-state index in [9.17, 15) is 19.5 Å². The van der Waals surface area contributed by atoms with E-state index in [2.05, 4.69) is 34.9 Å². The molecule has 0 heterocycles. The number of hydrogen-bond donors (Lipinski definition) is 3. The zero-order chi connectivity index (χ0) is 24.1. The summed E-state index contributed by atoms with van der Waals surface area (Å²) in [7, 11) is 0. The van der Waals surface area contributed by atoms with Crippen molar-refractivity contribution in [1.82, 2.24) is 10.6 Å². The van der Waals surface area contributed by atoms with Crippen LogP contribution in [0.3, 0.4) is 0 Å². The maximum atomic E-state index is 12.6. The lowest BCUT2D eigenvalue weighted by molar-refractivity contribution is -0.142. The SMILES string of the molecule is CSCC[C@@H](NC(=O)[C@@H]1CC[C@H](NC(=O)OCC2c3ccccc3-c3ccccc32)C1)C(=O)O. The molecular weight excluding hydrogens is 452 g/mol. The normalized spacial score (nSPS) is 19.7. The number of carbonyl (C=O) groups is 3. The number of fused-ring (bicyclic) bond motifs is 3. The smallest absolute Gasteiger partial charge is 0.407 e.